The quantitative estimate of drug-likeness (QED) is 0.475. The van der Waals surface area contributed by atoms with Gasteiger partial charge in [-0.2, -0.15) is 0 Å². The number of rotatable bonds is 3. The van der Waals surface area contributed by atoms with Gasteiger partial charge in [0.05, 0.1) is 10.6 Å². The Morgan fingerprint density at radius 1 is 1.21 bits per heavy atom. The molecule has 0 heterocycles. The number of benzene rings is 2. The number of nitrogens with zero attached hydrogens (tertiary/aromatic N) is 2. The monoisotopic (exact) mass is 318 g/mol. The minimum atomic E-state index is -0.412. The highest BCUT2D eigenvalue weighted by Gasteiger charge is 2.05. The molecule has 96 valence electrons. The van der Waals surface area contributed by atoms with Gasteiger partial charge in [0.1, 0.15) is 0 Å². The number of nitro groups is 1. The van der Waals surface area contributed by atoms with Gasteiger partial charge >= 0.3 is 0 Å². The second kappa shape index (κ2) is 5.75. The third kappa shape index (κ3) is 3.48. The third-order valence-electron chi connectivity index (χ3n) is 2.60. The molecule has 0 aliphatic rings. The maximum Gasteiger partial charge on any atom is 0.269 e. The van der Waals surface area contributed by atoms with Crippen molar-refractivity contribution >= 4 is 33.0 Å². The van der Waals surface area contributed by atoms with Crippen LogP contribution in [-0.2, 0) is 0 Å². The van der Waals surface area contributed by atoms with E-state index in [1.807, 2.05) is 31.2 Å². The van der Waals surface area contributed by atoms with Crippen LogP contribution in [0.15, 0.2) is 58.0 Å². The fraction of sp³-hybridized carbons (Fsp3) is 0.0714. The summed E-state index contributed by atoms with van der Waals surface area (Å²) >= 11 is 3.39. The highest BCUT2D eigenvalue weighted by molar-refractivity contribution is 9.10. The van der Waals surface area contributed by atoms with Gasteiger partial charge in [-0.1, -0.05) is 22.0 Å². The highest BCUT2D eigenvalue weighted by Crippen LogP contribution is 2.20. The lowest BCUT2D eigenvalue weighted by Gasteiger charge is -2.01. The van der Waals surface area contributed by atoms with Crippen LogP contribution in [0, 0.1) is 10.1 Å². The molecule has 0 saturated heterocycles. The zero-order valence-electron chi connectivity index (χ0n) is 10.2. The summed E-state index contributed by atoms with van der Waals surface area (Å²) in [6.45, 7) is 1.88. The van der Waals surface area contributed by atoms with Gasteiger partial charge in [0.15, 0.2) is 0 Å². The molecular formula is C14H11BrN2O2. The second-order valence-electron chi connectivity index (χ2n) is 3.98. The Balaban J connectivity index is 2.28. The van der Waals surface area contributed by atoms with E-state index in [0.717, 1.165) is 21.4 Å². The summed E-state index contributed by atoms with van der Waals surface area (Å²) in [5.74, 6) is 0. The van der Waals surface area contributed by atoms with E-state index in [1.165, 1.54) is 12.1 Å². The van der Waals surface area contributed by atoms with E-state index in [2.05, 4.69) is 20.9 Å². The molecule has 0 radical (unpaired) electrons. The van der Waals surface area contributed by atoms with Crippen LogP contribution in [0.4, 0.5) is 11.4 Å². The van der Waals surface area contributed by atoms with Gasteiger partial charge in [0, 0.05) is 22.3 Å². The van der Waals surface area contributed by atoms with Gasteiger partial charge in [-0.3, -0.25) is 15.1 Å². The summed E-state index contributed by atoms with van der Waals surface area (Å²) in [6.07, 6.45) is 0. The van der Waals surface area contributed by atoms with Crippen molar-refractivity contribution in [3.63, 3.8) is 0 Å². The molecule has 0 N–H and O–H groups in total. The van der Waals surface area contributed by atoms with Crippen LogP contribution in [0.2, 0.25) is 0 Å². The molecule has 2 rings (SSSR count). The average Bonchev–Trinajstić information content (AvgIpc) is 2.39. The molecule has 0 aliphatic carbocycles. The summed E-state index contributed by atoms with van der Waals surface area (Å²) in [6, 6.07) is 14.0. The Labute approximate surface area is 119 Å². The maximum absolute atomic E-state index is 10.6. The van der Waals surface area contributed by atoms with Crippen molar-refractivity contribution in [3.05, 3.63) is 68.7 Å². The van der Waals surface area contributed by atoms with Crippen molar-refractivity contribution < 1.29 is 4.92 Å². The lowest BCUT2D eigenvalue weighted by atomic mass is 10.1. The predicted octanol–water partition coefficient (Wildman–Crippen LogP) is 4.50. The first-order valence-electron chi connectivity index (χ1n) is 5.62. The molecule has 2 aromatic rings. The number of nitro benzene ring substituents is 1. The van der Waals surface area contributed by atoms with Crippen LogP contribution in [0.3, 0.4) is 0 Å². The van der Waals surface area contributed by atoms with Crippen LogP contribution < -0.4 is 0 Å². The van der Waals surface area contributed by atoms with E-state index in [0.29, 0.717) is 0 Å². The largest absolute Gasteiger partial charge is 0.269 e. The predicted molar refractivity (Wildman–Crippen MR) is 79.1 cm³/mol. The van der Waals surface area contributed by atoms with Crippen molar-refractivity contribution in [1.29, 1.82) is 0 Å². The molecule has 0 aromatic heterocycles. The van der Waals surface area contributed by atoms with Gasteiger partial charge < -0.3 is 0 Å². The summed E-state index contributed by atoms with van der Waals surface area (Å²) in [5, 5.41) is 10.6. The van der Waals surface area contributed by atoms with Crippen LogP contribution in [0.5, 0.6) is 0 Å². The van der Waals surface area contributed by atoms with Gasteiger partial charge in [-0.05, 0) is 42.8 Å². The standard InChI is InChI=1S/C14H11BrN2O2/c1-10(16-13-4-2-3-12(15)9-13)11-5-7-14(8-6-11)17(18)19/h2-9H,1H3/b16-10+. The van der Waals surface area contributed by atoms with Crippen molar-refractivity contribution in [2.24, 2.45) is 4.99 Å². The number of hydrogen-bond donors (Lipinski definition) is 0. The average molecular weight is 319 g/mol. The summed E-state index contributed by atoms with van der Waals surface area (Å²) in [7, 11) is 0. The Morgan fingerprint density at radius 2 is 1.89 bits per heavy atom. The van der Waals surface area contributed by atoms with E-state index in [4.69, 9.17) is 0 Å². The van der Waals surface area contributed by atoms with E-state index >= 15 is 0 Å². The Morgan fingerprint density at radius 3 is 2.47 bits per heavy atom. The Kier molecular flexibility index (Phi) is 4.06. The smallest absolute Gasteiger partial charge is 0.258 e. The Hall–Kier alpha value is -2.01. The molecule has 2 aromatic carbocycles. The lowest BCUT2D eigenvalue weighted by Crippen LogP contribution is -1.95. The third-order valence-corrected chi connectivity index (χ3v) is 3.09. The van der Waals surface area contributed by atoms with Gasteiger partial charge in [-0.15, -0.1) is 0 Å². The topological polar surface area (TPSA) is 55.5 Å². The van der Waals surface area contributed by atoms with Crippen LogP contribution in [0.1, 0.15) is 12.5 Å². The van der Waals surface area contributed by atoms with Crippen LogP contribution in [-0.4, -0.2) is 10.6 Å². The molecule has 0 amide bonds. The molecule has 0 fully saturated rings. The number of aliphatic imine (C=N–C) groups is 1. The van der Waals surface area contributed by atoms with Gasteiger partial charge in [-0.25, -0.2) is 0 Å². The molecular weight excluding hydrogens is 308 g/mol. The van der Waals surface area contributed by atoms with Gasteiger partial charge in [0.25, 0.3) is 5.69 Å². The maximum atomic E-state index is 10.6. The minimum Gasteiger partial charge on any atom is -0.258 e. The molecule has 19 heavy (non-hydrogen) atoms. The molecule has 0 aliphatic heterocycles. The molecule has 0 spiro atoms. The molecule has 4 nitrogen and oxygen atoms in total. The number of halogens is 1. The van der Waals surface area contributed by atoms with E-state index in [-0.39, 0.29) is 5.69 Å². The molecule has 0 saturated carbocycles. The fourth-order valence-corrected chi connectivity index (χ4v) is 2.02. The first-order valence-corrected chi connectivity index (χ1v) is 6.41. The molecule has 5 heteroatoms. The van der Waals surface area contributed by atoms with E-state index < -0.39 is 4.92 Å². The van der Waals surface area contributed by atoms with Crippen LogP contribution in [0.25, 0.3) is 0 Å². The SMILES string of the molecule is C/C(=N\c1cccc(Br)c1)c1ccc([N+](=O)[O-])cc1. The fourth-order valence-electron chi connectivity index (χ4n) is 1.63. The number of non-ortho nitro benzene ring substituents is 1. The van der Waals surface area contributed by atoms with Crippen molar-refractivity contribution in [2.75, 3.05) is 0 Å². The van der Waals surface area contributed by atoms with Crippen molar-refractivity contribution in [1.82, 2.24) is 0 Å². The first kappa shape index (κ1) is 13.4. The lowest BCUT2D eigenvalue weighted by molar-refractivity contribution is -0.384. The van der Waals surface area contributed by atoms with Crippen molar-refractivity contribution in [3.8, 4) is 0 Å². The minimum absolute atomic E-state index is 0.0824. The first-order chi connectivity index (χ1) is 9.06. The van der Waals surface area contributed by atoms with E-state index in [9.17, 15) is 10.1 Å². The van der Waals surface area contributed by atoms with Crippen molar-refractivity contribution in [2.45, 2.75) is 6.92 Å². The van der Waals surface area contributed by atoms with Gasteiger partial charge in [0.2, 0.25) is 0 Å². The molecule has 0 bridgehead atoms. The van der Waals surface area contributed by atoms with Crippen LogP contribution >= 0.6 is 15.9 Å². The Bertz CT molecular complexity index is 636. The summed E-state index contributed by atoms with van der Waals surface area (Å²) in [4.78, 5) is 14.6. The summed E-state index contributed by atoms with van der Waals surface area (Å²) in [5.41, 5.74) is 2.60. The molecule has 0 unspecified atom stereocenters. The zero-order valence-corrected chi connectivity index (χ0v) is 11.8. The van der Waals surface area contributed by atoms with E-state index in [1.54, 1.807) is 12.1 Å². The number of hydrogen-bond acceptors (Lipinski definition) is 3. The summed E-state index contributed by atoms with van der Waals surface area (Å²) < 4.78 is 0.963. The highest BCUT2D eigenvalue weighted by atomic mass is 79.9. The normalized spacial score (nSPS) is 11.4. The second-order valence-corrected chi connectivity index (χ2v) is 4.90. The molecule has 0 atom stereocenters. The zero-order chi connectivity index (χ0) is 13.8.